The Kier molecular flexibility index (Phi) is 4.98. The number of para-hydroxylation sites is 1. The van der Waals surface area contributed by atoms with E-state index in [2.05, 4.69) is 36.1 Å². The lowest BCUT2D eigenvalue weighted by Crippen LogP contribution is -2.21. The molecule has 0 aliphatic heterocycles. The molecule has 0 aliphatic carbocycles. The summed E-state index contributed by atoms with van der Waals surface area (Å²) in [5, 5.41) is 13.8. The van der Waals surface area contributed by atoms with Gasteiger partial charge in [0.1, 0.15) is 29.3 Å². The first-order chi connectivity index (χ1) is 14.7. The Balaban J connectivity index is 1.67. The summed E-state index contributed by atoms with van der Waals surface area (Å²) in [6.45, 7) is 6.20. The van der Waals surface area contributed by atoms with Gasteiger partial charge in [-0.2, -0.15) is 0 Å². The van der Waals surface area contributed by atoms with E-state index in [1.165, 1.54) is 6.33 Å². The molecule has 0 radical (unpaired) electrons. The Bertz CT molecular complexity index is 1260. The van der Waals surface area contributed by atoms with E-state index < -0.39 is 6.09 Å². The van der Waals surface area contributed by atoms with E-state index in [4.69, 9.17) is 10.5 Å². The van der Waals surface area contributed by atoms with Crippen LogP contribution in [-0.2, 0) is 5.54 Å². The van der Waals surface area contributed by atoms with E-state index in [0.717, 1.165) is 5.56 Å². The Hall–Kier alpha value is -4.07. The lowest BCUT2D eigenvalue weighted by molar-refractivity contribution is 0.215. The summed E-state index contributed by atoms with van der Waals surface area (Å²) in [7, 11) is 0. The number of fused-ring (bicyclic) bond motifs is 1. The van der Waals surface area contributed by atoms with Gasteiger partial charge in [-0.1, -0.05) is 24.3 Å². The van der Waals surface area contributed by atoms with E-state index in [1.807, 2.05) is 16.8 Å². The van der Waals surface area contributed by atoms with E-state index >= 15 is 0 Å². The second kappa shape index (κ2) is 7.64. The zero-order valence-corrected chi connectivity index (χ0v) is 17.5. The van der Waals surface area contributed by atoms with Crippen LogP contribution >= 0.6 is 0 Å². The van der Waals surface area contributed by atoms with Crippen LogP contribution < -0.4 is 15.8 Å². The molecule has 2 heterocycles. The summed E-state index contributed by atoms with van der Waals surface area (Å²) >= 11 is 0. The van der Waals surface area contributed by atoms with Crippen LogP contribution in [0.2, 0.25) is 0 Å². The van der Waals surface area contributed by atoms with Gasteiger partial charge in [0, 0.05) is 17.3 Å². The number of benzene rings is 2. The van der Waals surface area contributed by atoms with Crippen molar-refractivity contribution in [1.29, 1.82) is 0 Å². The summed E-state index contributed by atoms with van der Waals surface area (Å²) in [5.74, 6) is 0.660. The SMILES string of the molecule is CC(C)(C)n1cc(-c2ccc(NC(=O)Oc3ccccc3)c(O)c2)c2c(N)ncnc21. The average molecular weight is 417 g/mol. The number of phenols is 1. The fourth-order valence-electron chi connectivity index (χ4n) is 3.35. The molecule has 0 spiro atoms. The highest BCUT2D eigenvalue weighted by molar-refractivity contribution is 6.01. The van der Waals surface area contributed by atoms with Crippen molar-refractivity contribution in [2.75, 3.05) is 11.1 Å². The number of amides is 1. The van der Waals surface area contributed by atoms with Crippen molar-refractivity contribution in [1.82, 2.24) is 14.5 Å². The zero-order valence-electron chi connectivity index (χ0n) is 17.5. The normalized spacial score (nSPS) is 11.5. The molecule has 2 aromatic carbocycles. The van der Waals surface area contributed by atoms with Crippen LogP contribution in [-0.4, -0.2) is 25.7 Å². The molecule has 1 amide bonds. The molecule has 0 atom stereocenters. The molecule has 31 heavy (non-hydrogen) atoms. The van der Waals surface area contributed by atoms with Gasteiger partial charge < -0.3 is 20.1 Å². The zero-order chi connectivity index (χ0) is 22.2. The van der Waals surface area contributed by atoms with E-state index in [0.29, 0.717) is 28.2 Å². The van der Waals surface area contributed by atoms with Gasteiger partial charge in [-0.3, -0.25) is 5.32 Å². The van der Waals surface area contributed by atoms with Crippen molar-refractivity contribution in [3.05, 3.63) is 61.1 Å². The fraction of sp³-hybridized carbons (Fsp3) is 0.174. The van der Waals surface area contributed by atoms with Crippen LogP contribution in [0.5, 0.6) is 11.5 Å². The number of nitrogen functional groups attached to an aromatic ring is 1. The summed E-state index contributed by atoms with van der Waals surface area (Å²) in [6.07, 6.45) is 2.68. The van der Waals surface area contributed by atoms with E-state index in [-0.39, 0.29) is 17.0 Å². The van der Waals surface area contributed by atoms with Crippen molar-refractivity contribution in [2.45, 2.75) is 26.3 Å². The third kappa shape index (κ3) is 4.00. The summed E-state index contributed by atoms with van der Waals surface area (Å²) in [5.41, 5.74) is 8.37. The van der Waals surface area contributed by atoms with Crippen LogP contribution in [0.4, 0.5) is 16.3 Å². The number of hydrogen-bond donors (Lipinski definition) is 3. The van der Waals surface area contributed by atoms with Crippen molar-refractivity contribution in [2.24, 2.45) is 0 Å². The number of nitrogens with zero attached hydrogens (tertiary/aromatic N) is 3. The van der Waals surface area contributed by atoms with Gasteiger partial charge in [0.2, 0.25) is 0 Å². The smallest absolute Gasteiger partial charge is 0.417 e. The monoisotopic (exact) mass is 417 g/mol. The molecule has 4 N–H and O–H groups in total. The minimum absolute atomic E-state index is 0.102. The van der Waals surface area contributed by atoms with Gasteiger partial charge in [-0.15, -0.1) is 0 Å². The largest absolute Gasteiger partial charge is 0.506 e. The van der Waals surface area contributed by atoms with Gasteiger partial charge in [-0.05, 0) is 50.6 Å². The summed E-state index contributed by atoms with van der Waals surface area (Å²) in [6, 6.07) is 13.6. The minimum Gasteiger partial charge on any atom is -0.506 e. The molecule has 0 bridgehead atoms. The summed E-state index contributed by atoms with van der Waals surface area (Å²) in [4.78, 5) is 20.7. The predicted molar refractivity (Wildman–Crippen MR) is 120 cm³/mol. The highest BCUT2D eigenvalue weighted by atomic mass is 16.6. The van der Waals surface area contributed by atoms with Crippen molar-refractivity contribution < 1.29 is 14.6 Å². The molecule has 4 aromatic rings. The highest BCUT2D eigenvalue weighted by Crippen LogP contribution is 2.38. The number of phenolic OH excluding ortho intramolecular Hbond substituents is 1. The molecule has 8 heteroatoms. The van der Waals surface area contributed by atoms with Gasteiger partial charge in [0.15, 0.2) is 0 Å². The second-order valence-corrected chi connectivity index (χ2v) is 8.10. The lowest BCUT2D eigenvalue weighted by Gasteiger charge is -2.21. The van der Waals surface area contributed by atoms with Gasteiger partial charge >= 0.3 is 6.09 Å². The maximum Gasteiger partial charge on any atom is 0.417 e. The van der Waals surface area contributed by atoms with Gasteiger partial charge in [0.25, 0.3) is 0 Å². The first kappa shape index (κ1) is 20.2. The number of hydrogen-bond acceptors (Lipinski definition) is 6. The molecule has 8 nitrogen and oxygen atoms in total. The third-order valence-electron chi connectivity index (χ3n) is 4.83. The number of aromatic nitrogens is 3. The second-order valence-electron chi connectivity index (χ2n) is 8.10. The van der Waals surface area contributed by atoms with Crippen LogP contribution in [0.1, 0.15) is 20.8 Å². The average Bonchev–Trinajstić information content (AvgIpc) is 3.12. The number of carbonyl (C=O) groups is 1. The van der Waals surface area contributed by atoms with Gasteiger partial charge in [0.05, 0.1) is 11.1 Å². The maximum absolute atomic E-state index is 12.1. The van der Waals surface area contributed by atoms with E-state index in [1.54, 1.807) is 42.5 Å². The summed E-state index contributed by atoms with van der Waals surface area (Å²) < 4.78 is 7.23. The standard InChI is InChI=1S/C23H23N5O3/c1-23(2,3)28-12-16(19-20(24)25-13-26-21(19)28)14-9-10-17(18(29)11-14)27-22(30)31-15-7-5-4-6-8-15/h4-13,29H,1-3H3,(H,27,30)(H2,24,25,26). The Labute approximate surface area is 179 Å². The number of rotatable bonds is 3. The maximum atomic E-state index is 12.1. The van der Waals surface area contributed by atoms with Crippen LogP contribution in [0, 0.1) is 0 Å². The lowest BCUT2D eigenvalue weighted by atomic mass is 10.0. The fourth-order valence-corrected chi connectivity index (χ4v) is 3.35. The molecule has 158 valence electrons. The Morgan fingerprint density at radius 1 is 1.13 bits per heavy atom. The first-order valence-corrected chi connectivity index (χ1v) is 9.73. The minimum atomic E-state index is -0.698. The molecule has 0 aliphatic rings. The Morgan fingerprint density at radius 2 is 1.87 bits per heavy atom. The molecule has 0 saturated carbocycles. The molecule has 0 unspecified atom stereocenters. The number of nitrogens with one attached hydrogen (secondary N) is 1. The number of carbonyl (C=O) groups excluding carboxylic acids is 1. The molecule has 0 saturated heterocycles. The quantitative estimate of drug-likeness (QED) is 0.414. The van der Waals surface area contributed by atoms with Crippen molar-refractivity contribution >= 4 is 28.6 Å². The van der Waals surface area contributed by atoms with Gasteiger partial charge in [-0.25, -0.2) is 14.8 Å². The molecule has 0 fully saturated rings. The first-order valence-electron chi connectivity index (χ1n) is 9.73. The Morgan fingerprint density at radius 3 is 2.55 bits per heavy atom. The van der Waals surface area contributed by atoms with Crippen molar-refractivity contribution in [3.8, 4) is 22.6 Å². The number of nitrogens with two attached hydrogens (primary N) is 1. The number of ether oxygens (including phenoxy) is 1. The molecular weight excluding hydrogens is 394 g/mol. The van der Waals surface area contributed by atoms with Crippen LogP contribution in [0.25, 0.3) is 22.2 Å². The molecule has 2 aromatic heterocycles. The topological polar surface area (TPSA) is 115 Å². The van der Waals surface area contributed by atoms with E-state index in [9.17, 15) is 9.90 Å². The highest BCUT2D eigenvalue weighted by Gasteiger charge is 2.22. The number of aromatic hydroxyl groups is 1. The van der Waals surface area contributed by atoms with Crippen molar-refractivity contribution in [3.63, 3.8) is 0 Å². The molecule has 4 rings (SSSR count). The third-order valence-corrected chi connectivity index (χ3v) is 4.83. The predicted octanol–water partition coefficient (Wildman–Crippen LogP) is 4.75. The van der Waals surface area contributed by atoms with Crippen LogP contribution in [0.15, 0.2) is 61.1 Å². The van der Waals surface area contributed by atoms with Crippen LogP contribution in [0.3, 0.4) is 0 Å². The molecular formula is C23H23N5O3. The number of anilines is 2.